The van der Waals surface area contributed by atoms with E-state index in [-0.39, 0.29) is 11.7 Å². The maximum absolute atomic E-state index is 12.0. The maximum Gasteiger partial charge on any atom is 0.387 e. The third-order valence-corrected chi connectivity index (χ3v) is 4.05. The number of benzene rings is 1. The van der Waals surface area contributed by atoms with Gasteiger partial charge in [0, 0.05) is 17.5 Å². The number of alkyl halides is 2. The van der Waals surface area contributed by atoms with E-state index < -0.39 is 6.61 Å². The van der Waals surface area contributed by atoms with Crippen LogP contribution in [0.3, 0.4) is 0 Å². The fourth-order valence-electron chi connectivity index (χ4n) is 1.80. The number of hydrogen-bond acceptors (Lipinski definition) is 3. The topological polar surface area (TPSA) is 38.3 Å². The lowest BCUT2D eigenvalue weighted by atomic mass is 10.1. The summed E-state index contributed by atoms with van der Waals surface area (Å²) in [6.07, 6.45) is 3.74. The molecule has 0 saturated heterocycles. The van der Waals surface area contributed by atoms with Crippen molar-refractivity contribution < 1.29 is 18.3 Å². The van der Waals surface area contributed by atoms with Gasteiger partial charge < -0.3 is 10.1 Å². The summed E-state index contributed by atoms with van der Waals surface area (Å²) < 4.78 is 29.0. The molecule has 1 aromatic carbocycles. The molecule has 0 radical (unpaired) electrons. The molecular formula is C16H14ClF2NO2S. The van der Waals surface area contributed by atoms with Crippen LogP contribution < -0.4 is 10.1 Å². The molecular weight excluding hydrogens is 344 g/mol. The molecule has 0 unspecified atom stereocenters. The normalized spacial score (nSPS) is 11.1. The van der Waals surface area contributed by atoms with Crippen molar-refractivity contribution in [1.82, 2.24) is 5.32 Å². The van der Waals surface area contributed by atoms with Crippen LogP contribution in [0.1, 0.15) is 10.4 Å². The van der Waals surface area contributed by atoms with E-state index in [9.17, 15) is 13.6 Å². The number of carbonyl (C=O) groups excluding carboxylic acids is 1. The fourth-order valence-corrected chi connectivity index (χ4v) is 2.77. The molecule has 0 aliphatic rings. The molecule has 0 fully saturated rings. The molecule has 2 aromatic rings. The Morgan fingerprint density at radius 3 is 2.61 bits per heavy atom. The first-order chi connectivity index (χ1) is 11.0. The van der Waals surface area contributed by atoms with Crippen molar-refractivity contribution in [3.8, 4) is 5.75 Å². The Labute approximate surface area is 141 Å². The van der Waals surface area contributed by atoms with E-state index in [0.717, 1.165) is 10.4 Å². The van der Waals surface area contributed by atoms with Crippen LogP contribution in [0.5, 0.6) is 5.75 Å². The summed E-state index contributed by atoms with van der Waals surface area (Å²) in [5.41, 5.74) is 0.918. The molecule has 7 heteroatoms. The van der Waals surface area contributed by atoms with Crippen molar-refractivity contribution in [2.75, 3.05) is 6.54 Å². The number of rotatable bonds is 7. The van der Waals surface area contributed by atoms with Gasteiger partial charge in [-0.05, 0) is 42.3 Å². The van der Waals surface area contributed by atoms with Gasteiger partial charge in [0.05, 0.1) is 4.34 Å². The second kappa shape index (κ2) is 8.64. The number of halogens is 3. The zero-order valence-electron chi connectivity index (χ0n) is 12.0. The van der Waals surface area contributed by atoms with Crippen molar-refractivity contribution in [3.63, 3.8) is 0 Å². The lowest BCUT2D eigenvalue weighted by Gasteiger charge is -2.06. The largest absolute Gasteiger partial charge is 0.435 e. The van der Waals surface area contributed by atoms with Crippen LogP contribution in [0.15, 0.2) is 42.5 Å². The Morgan fingerprint density at radius 1 is 1.26 bits per heavy atom. The van der Waals surface area contributed by atoms with Crippen LogP contribution in [-0.4, -0.2) is 19.1 Å². The van der Waals surface area contributed by atoms with Crippen molar-refractivity contribution in [3.05, 3.63) is 57.3 Å². The van der Waals surface area contributed by atoms with E-state index in [0.29, 0.717) is 17.3 Å². The first-order valence-corrected chi connectivity index (χ1v) is 7.97. The molecule has 0 bridgehead atoms. The number of carbonyl (C=O) groups is 1. The van der Waals surface area contributed by atoms with E-state index in [1.165, 1.54) is 29.5 Å². The standard InChI is InChI=1S/C16H14ClF2NO2S/c17-14-7-5-13(23-14)6-8-15(21)20-10-9-11-1-3-12(4-2-11)22-16(18)19/h1-8,16H,9-10H2,(H,20,21)/b8-6+. The van der Waals surface area contributed by atoms with Crippen molar-refractivity contribution >= 4 is 34.9 Å². The minimum absolute atomic E-state index is 0.116. The monoisotopic (exact) mass is 357 g/mol. The van der Waals surface area contributed by atoms with Crippen molar-refractivity contribution in [2.45, 2.75) is 13.0 Å². The Hall–Kier alpha value is -1.92. The Morgan fingerprint density at radius 2 is 2.00 bits per heavy atom. The van der Waals surface area contributed by atoms with Gasteiger partial charge in [-0.3, -0.25) is 4.79 Å². The summed E-state index contributed by atoms with van der Waals surface area (Å²) >= 11 is 7.19. The lowest BCUT2D eigenvalue weighted by Crippen LogP contribution is -2.23. The predicted molar refractivity (Wildman–Crippen MR) is 88.2 cm³/mol. The van der Waals surface area contributed by atoms with Crippen LogP contribution in [0.4, 0.5) is 8.78 Å². The number of ether oxygens (including phenoxy) is 1. The Bertz CT molecular complexity index is 671. The molecule has 2 rings (SSSR count). The van der Waals surface area contributed by atoms with Gasteiger partial charge >= 0.3 is 6.61 Å². The SMILES string of the molecule is O=C(/C=C/c1ccc(Cl)s1)NCCc1ccc(OC(F)F)cc1. The molecule has 3 nitrogen and oxygen atoms in total. The molecule has 1 aromatic heterocycles. The molecule has 0 aliphatic heterocycles. The zero-order valence-corrected chi connectivity index (χ0v) is 13.5. The van der Waals surface area contributed by atoms with Crippen LogP contribution in [-0.2, 0) is 11.2 Å². The first-order valence-electron chi connectivity index (χ1n) is 6.78. The van der Waals surface area contributed by atoms with Crippen LogP contribution in [0, 0.1) is 0 Å². The van der Waals surface area contributed by atoms with Crippen LogP contribution in [0.2, 0.25) is 4.34 Å². The molecule has 0 aliphatic carbocycles. The highest BCUT2D eigenvalue weighted by Gasteiger charge is 2.04. The number of nitrogens with one attached hydrogen (secondary N) is 1. The average Bonchev–Trinajstić information content (AvgIpc) is 2.92. The molecule has 0 saturated carbocycles. The molecule has 1 amide bonds. The number of amides is 1. The summed E-state index contributed by atoms with van der Waals surface area (Å²) in [5.74, 6) is -0.0856. The van der Waals surface area contributed by atoms with Gasteiger partial charge in [-0.1, -0.05) is 23.7 Å². The second-order valence-corrected chi connectivity index (χ2v) is 6.29. The smallest absolute Gasteiger partial charge is 0.387 e. The summed E-state index contributed by atoms with van der Waals surface area (Å²) in [6, 6.07) is 9.93. The third-order valence-electron chi connectivity index (χ3n) is 2.85. The van der Waals surface area contributed by atoms with E-state index in [1.807, 2.05) is 6.07 Å². The van der Waals surface area contributed by atoms with Gasteiger partial charge in [-0.2, -0.15) is 8.78 Å². The first kappa shape index (κ1) is 17.4. The summed E-state index contributed by atoms with van der Waals surface area (Å²) in [5, 5.41) is 2.75. The van der Waals surface area contributed by atoms with Crippen LogP contribution >= 0.6 is 22.9 Å². The van der Waals surface area contributed by atoms with Crippen molar-refractivity contribution in [2.24, 2.45) is 0 Å². The van der Waals surface area contributed by atoms with E-state index in [2.05, 4.69) is 10.1 Å². The van der Waals surface area contributed by atoms with E-state index in [4.69, 9.17) is 11.6 Å². The minimum Gasteiger partial charge on any atom is -0.435 e. The second-order valence-electron chi connectivity index (χ2n) is 4.54. The quantitative estimate of drug-likeness (QED) is 0.747. The summed E-state index contributed by atoms with van der Waals surface area (Å²) in [6.45, 7) is -2.38. The number of thiophene rings is 1. The lowest BCUT2D eigenvalue weighted by molar-refractivity contribution is -0.116. The highest BCUT2D eigenvalue weighted by Crippen LogP contribution is 2.22. The van der Waals surface area contributed by atoms with Gasteiger partial charge in [-0.15, -0.1) is 11.3 Å². The van der Waals surface area contributed by atoms with Gasteiger partial charge in [0.25, 0.3) is 0 Å². The van der Waals surface area contributed by atoms with Gasteiger partial charge in [0.15, 0.2) is 0 Å². The molecule has 122 valence electrons. The summed E-state index contributed by atoms with van der Waals surface area (Å²) in [7, 11) is 0. The number of hydrogen-bond donors (Lipinski definition) is 1. The average molecular weight is 358 g/mol. The summed E-state index contributed by atoms with van der Waals surface area (Å²) in [4.78, 5) is 12.6. The van der Waals surface area contributed by atoms with Gasteiger partial charge in [0.1, 0.15) is 5.75 Å². The van der Waals surface area contributed by atoms with Crippen molar-refractivity contribution in [1.29, 1.82) is 0 Å². The maximum atomic E-state index is 12.0. The Kier molecular flexibility index (Phi) is 6.55. The minimum atomic E-state index is -2.83. The van der Waals surface area contributed by atoms with E-state index >= 15 is 0 Å². The molecule has 0 spiro atoms. The van der Waals surface area contributed by atoms with E-state index in [1.54, 1.807) is 24.3 Å². The zero-order chi connectivity index (χ0) is 16.7. The van der Waals surface area contributed by atoms with Crippen LogP contribution in [0.25, 0.3) is 6.08 Å². The third kappa shape index (κ3) is 6.38. The highest BCUT2D eigenvalue weighted by molar-refractivity contribution is 7.17. The fraction of sp³-hybridized carbons (Fsp3) is 0.188. The van der Waals surface area contributed by atoms with Gasteiger partial charge in [-0.25, -0.2) is 0 Å². The van der Waals surface area contributed by atoms with Gasteiger partial charge in [0.2, 0.25) is 5.91 Å². The molecule has 0 atom stereocenters. The Balaban J connectivity index is 1.73. The molecule has 1 heterocycles. The molecule has 1 N–H and O–H groups in total. The molecule has 23 heavy (non-hydrogen) atoms. The predicted octanol–water partition coefficient (Wildman–Crippen LogP) is 4.38. The highest BCUT2D eigenvalue weighted by atomic mass is 35.5.